The molecule has 11 rings (SSSR count). The Kier molecular flexibility index (Phi) is 9.69. The highest BCUT2D eigenvalue weighted by molar-refractivity contribution is 6.10. The number of ether oxygens (including phenoxy) is 1. The van der Waals surface area contributed by atoms with Gasteiger partial charge in [0.2, 0.25) is 0 Å². The number of rotatable bonds is 8. The molecule has 0 saturated heterocycles. The summed E-state index contributed by atoms with van der Waals surface area (Å²) in [5.74, 6) is 1.86. The van der Waals surface area contributed by atoms with Crippen molar-refractivity contribution in [3.63, 3.8) is 0 Å². The van der Waals surface area contributed by atoms with Crippen LogP contribution in [0, 0.1) is 6.85 Å². The van der Waals surface area contributed by atoms with Crippen molar-refractivity contribution >= 4 is 44.6 Å². The molecule has 1 aliphatic rings. The highest BCUT2D eigenvalue weighted by Crippen LogP contribution is 2.50. The third kappa shape index (κ3) is 7.78. The molecule has 0 unspecified atom stereocenters. The lowest BCUT2D eigenvalue weighted by atomic mass is 9.86. The van der Waals surface area contributed by atoms with E-state index in [1.54, 1.807) is 12.3 Å². The van der Waals surface area contributed by atoms with Gasteiger partial charge < -0.3 is 14.5 Å². The smallest absolute Gasteiger partial charge is 0.137 e. The average Bonchev–Trinajstić information content (AvgIpc) is 3.91. The van der Waals surface area contributed by atoms with Gasteiger partial charge in [0, 0.05) is 55.6 Å². The van der Waals surface area contributed by atoms with Gasteiger partial charge in [-0.25, -0.2) is 4.98 Å². The van der Waals surface area contributed by atoms with Gasteiger partial charge in [0.25, 0.3) is 0 Å². The number of anilines is 4. The second kappa shape index (κ2) is 16.8. The van der Waals surface area contributed by atoms with Crippen LogP contribution in [-0.2, 0) is 10.8 Å². The lowest BCUT2D eigenvalue weighted by molar-refractivity contribution is 0.483. The van der Waals surface area contributed by atoms with Crippen molar-refractivity contribution in [2.24, 2.45) is 0 Å². The summed E-state index contributed by atoms with van der Waals surface area (Å²) in [6, 6.07) is 67.4. The zero-order valence-electron chi connectivity index (χ0n) is 42.5. The van der Waals surface area contributed by atoms with Crippen LogP contribution in [0.15, 0.2) is 200 Å². The van der Waals surface area contributed by atoms with Gasteiger partial charge in [-0.1, -0.05) is 169 Å². The van der Waals surface area contributed by atoms with Gasteiger partial charge in [-0.05, 0) is 106 Å². The van der Waals surface area contributed by atoms with Crippen molar-refractivity contribution in [2.45, 2.75) is 59.2 Å². The number of nitrogens with zero attached hydrogens (tertiary/aromatic N) is 4. The molecular weight excluding hydrogens is 829 g/mol. The van der Waals surface area contributed by atoms with Crippen LogP contribution in [-0.4, -0.2) is 16.2 Å². The predicted molar refractivity (Wildman–Crippen MR) is 286 cm³/mol. The van der Waals surface area contributed by atoms with Crippen LogP contribution in [0.5, 0.6) is 11.5 Å². The van der Waals surface area contributed by atoms with Crippen LogP contribution in [0.2, 0.25) is 0 Å². The number of benzene rings is 8. The molecule has 0 saturated carbocycles. The minimum Gasteiger partial charge on any atom is -0.457 e. The van der Waals surface area contributed by atoms with E-state index in [0.29, 0.717) is 29.5 Å². The molecule has 0 spiro atoms. The highest BCUT2D eigenvalue weighted by atomic mass is 16.5. The van der Waals surface area contributed by atoms with Crippen LogP contribution in [0.25, 0.3) is 61.0 Å². The number of pyridine rings is 1. The molecule has 10 aromatic rings. The van der Waals surface area contributed by atoms with E-state index >= 15 is 0 Å². The molecule has 68 heavy (non-hydrogen) atoms. The SMILES string of the molecule is [2H]C([2H])([2H])c1cc(-n2c3ccc(C(C)(C)C)cc3c3ccc(Oc4cccc(N5CN(c6c(-c7ccccc7)cccc6-c6ccccc6)c6ccccc65)c4)cc32)ncc1-c1ccc(C(C)(C)C)cc1. The lowest BCUT2D eigenvalue weighted by Gasteiger charge is -2.27. The van der Waals surface area contributed by atoms with E-state index in [9.17, 15) is 0 Å². The largest absolute Gasteiger partial charge is 0.457 e. The van der Waals surface area contributed by atoms with Gasteiger partial charge in [-0.2, -0.15) is 0 Å². The monoisotopic (exact) mass is 887 g/mol. The first-order valence-electron chi connectivity index (χ1n) is 25.0. The van der Waals surface area contributed by atoms with Gasteiger partial charge >= 0.3 is 0 Å². The molecule has 334 valence electrons. The minimum absolute atomic E-state index is 0.0334. The molecule has 5 heteroatoms. The third-order valence-electron chi connectivity index (χ3n) is 13.4. The van der Waals surface area contributed by atoms with Crippen LogP contribution in [0.1, 0.15) is 62.3 Å². The van der Waals surface area contributed by atoms with Crippen LogP contribution >= 0.6 is 0 Å². The van der Waals surface area contributed by atoms with E-state index in [-0.39, 0.29) is 16.4 Å². The van der Waals surface area contributed by atoms with Crippen molar-refractivity contribution in [3.05, 3.63) is 217 Å². The number of aryl methyl sites for hydroxylation is 1. The van der Waals surface area contributed by atoms with E-state index in [0.717, 1.165) is 72.4 Å². The molecule has 8 aromatic carbocycles. The zero-order valence-corrected chi connectivity index (χ0v) is 39.5. The quantitative estimate of drug-likeness (QED) is 0.152. The van der Waals surface area contributed by atoms with Gasteiger partial charge in [0.1, 0.15) is 24.0 Å². The number of fused-ring (bicyclic) bond motifs is 4. The van der Waals surface area contributed by atoms with E-state index < -0.39 is 6.85 Å². The molecule has 0 aliphatic carbocycles. The summed E-state index contributed by atoms with van der Waals surface area (Å²) < 4.78 is 35.1. The Morgan fingerprint density at radius 2 is 1.09 bits per heavy atom. The Bertz CT molecular complexity index is 3550. The Morgan fingerprint density at radius 1 is 0.485 bits per heavy atom. The van der Waals surface area contributed by atoms with Crippen molar-refractivity contribution in [1.82, 2.24) is 9.55 Å². The molecule has 0 atom stereocenters. The van der Waals surface area contributed by atoms with E-state index in [1.807, 2.05) is 36.4 Å². The summed E-state index contributed by atoms with van der Waals surface area (Å²) >= 11 is 0. The first-order chi connectivity index (χ1) is 34.1. The van der Waals surface area contributed by atoms with Gasteiger partial charge in [0.15, 0.2) is 0 Å². The highest BCUT2D eigenvalue weighted by Gasteiger charge is 2.31. The third-order valence-corrected chi connectivity index (χ3v) is 13.4. The first kappa shape index (κ1) is 39.3. The molecule has 1 aliphatic heterocycles. The topological polar surface area (TPSA) is 33.5 Å². The lowest BCUT2D eigenvalue weighted by Crippen LogP contribution is -2.24. The van der Waals surface area contributed by atoms with Crippen LogP contribution < -0.4 is 14.5 Å². The number of para-hydroxylation sites is 3. The molecule has 0 fully saturated rings. The fourth-order valence-electron chi connectivity index (χ4n) is 9.74. The maximum atomic E-state index is 8.74. The molecular formula is C63H56N4O. The summed E-state index contributed by atoms with van der Waals surface area (Å²) in [4.78, 5) is 9.83. The number of hydrogen-bond acceptors (Lipinski definition) is 4. The van der Waals surface area contributed by atoms with Gasteiger partial charge in [0.05, 0.1) is 28.1 Å². The predicted octanol–water partition coefficient (Wildman–Crippen LogP) is 17.1. The Hall–Kier alpha value is -7.89. The second-order valence-electron chi connectivity index (χ2n) is 19.9. The molecule has 0 bridgehead atoms. The summed E-state index contributed by atoms with van der Waals surface area (Å²) in [5, 5.41) is 2.08. The fraction of sp³-hybridized carbons (Fsp3) is 0.159. The fourth-order valence-corrected chi connectivity index (χ4v) is 9.74. The Balaban J connectivity index is 0.986. The van der Waals surface area contributed by atoms with Crippen molar-refractivity contribution in [3.8, 4) is 50.7 Å². The summed E-state index contributed by atoms with van der Waals surface area (Å²) in [7, 11) is 0. The zero-order chi connectivity index (χ0) is 49.2. The standard InChI is InChI=1S/C63H56N4O/c1-42-36-60(64-40-55(42)45-28-30-46(31-29-45)62(2,3)4)67-56-35-32-47(63(5,6)7)37-54(56)53-34-33-50(39-59(53)67)68-49-23-16-22-48(38-49)65-41-66(58-27-15-14-26-57(58)65)61-51(43-18-10-8-11-19-43)24-17-25-52(61)44-20-12-9-13-21-44/h8-40H,41H2,1-7H3/i1D3. The maximum Gasteiger partial charge on any atom is 0.137 e. The second-order valence-corrected chi connectivity index (χ2v) is 19.9. The normalized spacial score (nSPS) is 13.6. The number of aromatic nitrogens is 2. The van der Waals surface area contributed by atoms with Crippen LogP contribution in [0.4, 0.5) is 22.7 Å². The Labute approximate surface area is 404 Å². The molecule has 0 radical (unpaired) electrons. The van der Waals surface area contributed by atoms with Crippen LogP contribution in [0.3, 0.4) is 0 Å². The average molecular weight is 888 g/mol. The van der Waals surface area contributed by atoms with Gasteiger partial charge in [-0.15, -0.1) is 0 Å². The van der Waals surface area contributed by atoms with Crippen molar-refractivity contribution in [2.75, 3.05) is 16.5 Å². The maximum absolute atomic E-state index is 8.74. The molecule has 0 N–H and O–H groups in total. The first-order valence-corrected chi connectivity index (χ1v) is 23.5. The molecule has 3 heterocycles. The Morgan fingerprint density at radius 3 is 1.75 bits per heavy atom. The molecule has 0 amide bonds. The van der Waals surface area contributed by atoms with Gasteiger partial charge in [-0.3, -0.25) is 4.57 Å². The minimum atomic E-state index is -2.39. The van der Waals surface area contributed by atoms with E-state index in [1.165, 1.54) is 11.1 Å². The summed E-state index contributed by atoms with van der Waals surface area (Å²) in [5.41, 5.74) is 14.7. The molecule has 5 nitrogen and oxygen atoms in total. The summed E-state index contributed by atoms with van der Waals surface area (Å²) in [6.45, 7) is 11.4. The molecule has 2 aromatic heterocycles. The number of hydrogen-bond donors (Lipinski definition) is 0. The van der Waals surface area contributed by atoms with Crippen molar-refractivity contribution in [1.29, 1.82) is 0 Å². The van der Waals surface area contributed by atoms with E-state index in [4.69, 9.17) is 13.8 Å². The van der Waals surface area contributed by atoms with E-state index in [2.05, 4.69) is 208 Å². The van der Waals surface area contributed by atoms with Crippen molar-refractivity contribution < 1.29 is 8.85 Å². The summed E-state index contributed by atoms with van der Waals surface area (Å²) in [6.07, 6.45) is 1.72.